The summed E-state index contributed by atoms with van der Waals surface area (Å²) in [6.07, 6.45) is 0.143. The Balaban J connectivity index is 2.32. The summed E-state index contributed by atoms with van der Waals surface area (Å²) in [5.74, 6) is 0.498. The lowest BCUT2D eigenvalue weighted by molar-refractivity contribution is 0.0270. The Bertz CT molecular complexity index is 359. The third-order valence-electron chi connectivity index (χ3n) is 2.95. The standard InChI is InChI=1S/C13H18ClNO/c1-9(2)11-4-3-10(14)7-12(11)13-8-15-5-6-16-13/h3-4,7,9,13,15H,5-6,8H2,1-2H3. The van der Waals surface area contributed by atoms with Crippen LogP contribution in [0.3, 0.4) is 0 Å². The third-order valence-corrected chi connectivity index (χ3v) is 3.18. The highest BCUT2D eigenvalue weighted by Gasteiger charge is 2.20. The van der Waals surface area contributed by atoms with Crippen LogP contribution in [0.2, 0.25) is 5.02 Å². The second kappa shape index (κ2) is 5.17. The first-order chi connectivity index (χ1) is 7.68. The lowest BCUT2D eigenvalue weighted by Gasteiger charge is -2.27. The molecular formula is C13H18ClNO. The first-order valence-corrected chi connectivity index (χ1v) is 6.18. The fourth-order valence-corrected chi connectivity index (χ4v) is 2.30. The molecule has 16 heavy (non-hydrogen) atoms. The van der Waals surface area contributed by atoms with Crippen molar-refractivity contribution in [2.24, 2.45) is 0 Å². The van der Waals surface area contributed by atoms with Gasteiger partial charge in [-0.2, -0.15) is 0 Å². The molecule has 2 nitrogen and oxygen atoms in total. The first-order valence-electron chi connectivity index (χ1n) is 5.80. The molecule has 1 aliphatic rings. The van der Waals surface area contributed by atoms with E-state index in [4.69, 9.17) is 16.3 Å². The molecule has 0 bridgehead atoms. The highest BCUT2D eigenvalue weighted by Crippen LogP contribution is 2.30. The van der Waals surface area contributed by atoms with Gasteiger partial charge in [-0.25, -0.2) is 0 Å². The zero-order valence-corrected chi connectivity index (χ0v) is 10.6. The van der Waals surface area contributed by atoms with Crippen molar-refractivity contribution in [3.63, 3.8) is 0 Å². The molecule has 0 saturated carbocycles. The number of halogens is 1. The van der Waals surface area contributed by atoms with Crippen LogP contribution >= 0.6 is 11.6 Å². The Morgan fingerprint density at radius 3 is 2.88 bits per heavy atom. The Hall–Kier alpha value is -0.570. The number of ether oxygens (including phenoxy) is 1. The molecule has 1 saturated heterocycles. The summed E-state index contributed by atoms with van der Waals surface area (Å²) in [6.45, 7) is 6.98. The topological polar surface area (TPSA) is 21.3 Å². The van der Waals surface area contributed by atoms with E-state index < -0.39 is 0 Å². The normalized spacial score (nSPS) is 21.4. The summed E-state index contributed by atoms with van der Waals surface area (Å²) < 4.78 is 5.79. The molecule has 0 aliphatic carbocycles. The van der Waals surface area contributed by atoms with Gasteiger partial charge in [-0.3, -0.25) is 0 Å². The van der Waals surface area contributed by atoms with Gasteiger partial charge in [-0.05, 0) is 29.2 Å². The van der Waals surface area contributed by atoms with Gasteiger partial charge >= 0.3 is 0 Å². The second-order valence-electron chi connectivity index (χ2n) is 4.49. The highest BCUT2D eigenvalue weighted by molar-refractivity contribution is 6.30. The Morgan fingerprint density at radius 1 is 1.44 bits per heavy atom. The van der Waals surface area contributed by atoms with Gasteiger partial charge in [-0.1, -0.05) is 31.5 Å². The van der Waals surface area contributed by atoms with Gasteiger partial charge in [0.05, 0.1) is 12.7 Å². The van der Waals surface area contributed by atoms with Gasteiger partial charge in [0.1, 0.15) is 0 Å². The molecule has 2 rings (SSSR count). The second-order valence-corrected chi connectivity index (χ2v) is 4.93. The van der Waals surface area contributed by atoms with Crippen molar-refractivity contribution in [1.29, 1.82) is 0 Å². The lowest BCUT2D eigenvalue weighted by Crippen LogP contribution is -2.33. The largest absolute Gasteiger partial charge is 0.371 e. The van der Waals surface area contributed by atoms with Crippen molar-refractivity contribution in [1.82, 2.24) is 5.32 Å². The molecule has 88 valence electrons. The zero-order valence-electron chi connectivity index (χ0n) is 9.79. The van der Waals surface area contributed by atoms with Crippen LogP contribution in [0.5, 0.6) is 0 Å². The average Bonchev–Trinajstić information content (AvgIpc) is 2.29. The van der Waals surface area contributed by atoms with Crippen molar-refractivity contribution in [2.75, 3.05) is 19.7 Å². The van der Waals surface area contributed by atoms with E-state index in [1.165, 1.54) is 11.1 Å². The van der Waals surface area contributed by atoms with Gasteiger partial charge in [-0.15, -0.1) is 0 Å². The van der Waals surface area contributed by atoms with Crippen molar-refractivity contribution < 1.29 is 4.74 Å². The van der Waals surface area contributed by atoms with Crippen LogP contribution in [0.15, 0.2) is 18.2 Å². The molecule has 1 fully saturated rings. The van der Waals surface area contributed by atoms with Gasteiger partial charge in [0.15, 0.2) is 0 Å². The fraction of sp³-hybridized carbons (Fsp3) is 0.538. The molecule has 1 aromatic rings. The van der Waals surface area contributed by atoms with Gasteiger partial charge in [0, 0.05) is 18.1 Å². The van der Waals surface area contributed by atoms with Crippen LogP contribution in [0, 0.1) is 0 Å². The number of benzene rings is 1. The number of nitrogens with one attached hydrogen (secondary N) is 1. The first kappa shape index (κ1) is 11.9. The van der Waals surface area contributed by atoms with E-state index in [1.807, 2.05) is 12.1 Å². The zero-order chi connectivity index (χ0) is 11.5. The molecule has 3 heteroatoms. The molecule has 0 amide bonds. The van der Waals surface area contributed by atoms with Crippen LogP contribution in [0.25, 0.3) is 0 Å². The van der Waals surface area contributed by atoms with Crippen LogP contribution < -0.4 is 5.32 Å². The monoisotopic (exact) mass is 239 g/mol. The predicted molar refractivity (Wildman–Crippen MR) is 67.1 cm³/mol. The molecule has 0 spiro atoms. The van der Waals surface area contributed by atoms with Crippen LogP contribution in [-0.2, 0) is 4.74 Å². The van der Waals surface area contributed by atoms with E-state index >= 15 is 0 Å². The Morgan fingerprint density at radius 2 is 2.25 bits per heavy atom. The summed E-state index contributed by atoms with van der Waals surface area (Å²) in [6, 6.07) is 6.10. The maximum atomic E-state index is 6.06. The van der Waals surface area contributed by atoms with Crippen LogP contribution in [-0.4, -0.2) is 19.7 Å². The molecule has 1 aromatic carbocycles. The van der Waals surface area contributed by atoms with Crippen molar-refractivity contribution in [2.45, 2.75) is 25.9 Å². The molecule has 0 radical (unpaired) electrons. The Labute approximate surface area is 102 Å². The highest BCUT2D eigenvalue weighted by atomic mass is 35.5. The maximum Gasteiger partial charge on any atom is 0.0953 e. The van der Waals surface area contributed by atoms with E-state index in [9.17, 15) is 0 Å². The molecule has 1 unspecified atom stereocenters. The average molecular weight is 240 g/mol. The number of hydrogen-bond acceptors (Lipinski definition) is 2. The minimum atomic E-state index is 0.143. The van der Waals surface area contributed by atoms with Crippen molar-refractivity contribution >= 4 is 11.6 Å². The smallest absolute Gasteiger partial charge is 0.0953 e. The minimum absolute atomic E-state index is 0.143. The lowest BCUT2D eigenvalue weighted by atomic mass is 9.93. The fourth-order valence-electron chi connectivity index (χ4n) is 2.12. The molecular weight excluding hydrogens is 222 g/mol. The summed E-state index contributed by atoms with van der Waals surface area (Å²) in [5, 5.41) is 4.14. The van der Waals surface area contributed by atoms with Crippen molar-refractivity contribution in [3.05, 3.63) is 34.3 Å². The minimum Gasteiger partial charge on any atom is -0.371 e. The molecule has 0 aromatic heterocycles. The van der Waals surface area contributed by atoms with E-state index in [-0.39, 0.29) is 6.10 Å². The molecule has 1 atom stereocenters. The van der Waals surface area contributed by atoms with E-state index in [2.05, 4.69) is 25.2 Å². The van der Waals surface area contributed by atoms with Gasteiger partial charge < -0.3 is 10.1 Å². The Kier molecular flexibility index (Phi) is 3.85. The van der Waals surface area contributed by atoms with Gasteiger partial charge in [0.25, 0.3) is 0 Å². The SMILES string of the molecule is CC(C)c1ccc(Cl)cc1C1CNCCO1. The number of rotatable bonds is 2. The summed E-state index contributed by atoms with van der Waals surface area (Å²) in [4.78, 5) is 0. The maximum absolute atomic E-state index is 6.06. The van der Waals surface area contributed by atoms with E-state index in [0.29, 0.717) is 5.92 Å². The molecule has 1 heterocycles. The molecule has 1 aliphatic heterocycles. The number of hydrogen-bond donors (Lipinski definition) is 1. The van der Waals surface area contributed by atoms with Crippen LogP contribution in [0.4, 0.5) is 0 Å². The van der Waals surface area contributed by atoms with E-state index in [1.54, 1.807) is 0 Å². The predicted octanol–water partition coefficient (Wildman–Crippen LogP) is 3.12. The quantitative estimate of drug-likeness (QED) is 0.856. The third kappa shape index (κ3) is 2.57. The summed E-state index contributed by atoms with van der Waals surface area (Å²) in [7, 11) is 0. The van der Waals surface area contributed by atoms with Crippen LogP contribution in [0.1, 0.15) is 37.0 Å². The number of morpholine rings is 1. The summed E-state index contributed by atoms with van der Waals surface area (Å²) >= 11 is 6.06. The van der Waals surface area contributed by atoms with Crippen molar-refractivity contribution in [3.8, 4) is 0 Å². The van der Waals surface area contributed by atoms with Gasteiger partial charge in [0.2, 0.25) is 0 Å². The summed E-state index contributed by atoms with van der Waals surface area (Å²) in [5.41, 5.74) is 2.56. The molecule has 1 N–H and O–H groups in total. The van der Waals surface area contributed by atoms with E-state index in [0.717, 1.165) is 24.7 Å².